The number of aromatic nitrogens is 2. The molecule has 0 spiro atoms. The Kier molecular flexibility index (Phi) is 9.16. The molecule has 4 aliphatic heterocycles. The van der Waals surface area contributed by atoms with Gasteiger partial charge in [0.05, 0.1) is 12.1 Å². The van der Waals surface area contributed by atoms with E-state index in [2.05, 4.69) is 49.6 Å². The van der Waals surface area contributed by atoms with Crippen molar-refractivity contribution in [3.05, 3.63) is 82.7 Å². The number of likely N-dealkylation sites (tertiary alicyclic amines) is 1. The van der Waals surface area contributed by atoms with Gasteiger partial charge in [-0.2, -0.15) is 0 Å². The molecule has 4 amide bonds. The number of carbonyl (C=O) groups excluding carboxylic acids is 4. The zero-order valence-corrected chi connectivity index (χ0v) is 29.7. The fraction of sp³-hybridized carbons (Fsp3) is 0.425. The minimum Gasteiger partial charge on any atom is -0.494 e. The average molecular weight is 704 g/mol. The Morgan fingerprint density at radius 3 is 2.62 bits per heavy atom. The molecule has 0 aliphatic carbocycles. The molecule has 0 saturated carbocycles. The topological polar surface area (TPSA) is 140 Å². The maximum absolute atomic E-state index is 13.3. The fourth-order valence-corrected chi connectivity index (χ4v) is 8.44. The van der Waals surface area contributed by atoms with Crippen LogP contribution in [0.5, 0.6) is 5.75 Å². The van der Waals surface area contributed by atoms with Crippen LogP contribution in [0.25, 0.3) is 10.9 Å². The Morgan fingerprint density at radius 2 is 1.85 bits per heavy atom. The molecule has 1 unspecified atom stereocenters. The molecule has 3 N–H and O–H groups in total. The molecule has 2 atom stereocenters. The number of hydrogen-bond acceptors (Lipinski definition) is 8. The number of nitrogens with one attached hydrogen (secondary N) is 3. The number of aromatic amines is 1. The normalized spacial score (nSPS) is 21.2. The summed E-state index contributed by atoms with van der Waals surface area (Å²) in [7, 11) is 2.15. The zero-order chi connectivity index (χ0) is 35.9. The summed E-state index contributed by atoms with van der Waals surface area (Å²) in [5.41, 5.74) is 6.23. The minimum absolute atomic E-state index is 0.144. The number of aryl methyl sites for hydroxylation is 1. The first kappa shape index (κ1) is 33.9. The van der Waals surface area contributed by atoms with Gasteiger partial charge in [-0.25, -0.2) is 4.98 Å². The second-order valence-electron chi connectivity index (χ2n) is 14.7. The number of anilines is 2. The summed E-state index contributed by atoms with van der Waals surface area (Å²) >= 11 is 0. The van der Waals surface area contributed by atoms with Crippen molar-refractivity contribution in [3.8, 4) is 5.75 Å². The van der Waals surface area contributed by atoms with Gasteiger partial charge in [0.25, 0.3) is 11.8 Å². The molecule has 4 aliphatic rings. The summed E-state index contributed by atoms with van der Waals surface area (Å²) in [6.45, 7) is 5.74. The summed E-state index contributed by atoms with van der Waals surface area (Å²) in [5.74, 6) is 0.743. The third-order valence-electron chi connectivity index (χ3n) is 11.4. The molecule has 0 radical (unpaired) electrons. The van der Waals surface area contributed by atoms with Crippen molar-refractivity contribution < 1.29 is 23.9 Å². The predicted molar refractivity (Wildman–Crippen MR) is 197 cm³/mol. The number of nitrogens with zero attached hydrogens (tertiary/aromatic N) is 4. The van der Waals surface area contributed by atoms with E-state index < -0.39 is 11.9 Å². The summed E-state index contributed by atoms with van der Waals surface area (Å²) < 4.78 is 6.15. The van der Waals surface area contributed by atoms with Crippen molar-refractivity contribution >= 4 is 46.0 Å². The molecule has 12 heteroatoms. The van der Waals surface area contributed by atoms with Crippen LogP contribution in [0.1, 0.15) is 88.5 Å². The van der Waals surface area contributed by atoms with Gasteiger partial charge in [0.15, 0.2) is 0 Å². The number of amides is 4. The van der Waals surface area contributed by atoms with E-state index in [1.807, 2.05) is 49.5 Å². The Morgan fingerprint density at radius 1 is 1.00 bits per heavy atom. The molecule has 2 aromatic carbocycles. The second kappa shape index (κ2) is 14.1. The highest BCUT2D eigenvalue weighted by Crippen LogP contribution is 2.36. The van der Waals surface area contributed by atoms with Gasteiger partial charge in [0.2, 0.25) is 11.8 Å². The number of piperidine rings is 2. The number of imide groups is 1. The lowest BCUT2D eigenvalue weighted by Gasteiger charge is -2.35. The number of H-pyrrole nitrogens is 1. The standard InChI is InChI=1S/C40H45N7O5/c1-24-19-27(8-9-28(24)38(49)43-36-21-31-26(22-41-36)20-32(42-31)34-7-4-15-45(34)2)52-18-14-25-12-16-46(17-13-25)33-6-3-5-29-30(33)23-47(40(29)51)35-10-11-37(48)44-39(35)50/h3,5-6,8-9,19-22,25,34-35,42H,4,7,10-18,23H2,1-2H3,(H,41,43,49)(H,44,48,50)/t34-,35?/m1/s1. The Labute approximate surface area is 302 Å². The lowest BCUT2D eigenvalue weighted by atomic mass is 9.93. The van der Waals surface area contributed by atoms with Gasteiger partial charge >= 0.3 is 0 Å². The number of pyridine rings is 1. The van der Waals surface area contributed by atoms with E-state index in [4.69, 9.17) is 4.74 Å². The average Bonchev–Trinajstić information content (AvgIpc) is 3.85. The van der Waals surface area contributed by atoms with Gasteiger partial charge in [-0.05, 0) is 107 Å². The van der Waals surface area contributed by atoms with Gasteiger partial charge in [-0.1, -0.05) is 6.07 Å². The Bertz CT molecular complexity index is 2050. The number of hydrogen-bond donors (Lipinski definition) is 3. The van der Waals surface area contributed by atoms with Crippen LogP contribution in [0, 0.1) is 12.8 Å². The molecule has 0 bridgehead atoms. The number of carbonyl (C=O) groups is 4. The fourth-order valence-electron chi connectivity index (χ4n) is 8.44. The summed E-state index contributed by atoms with van der Waals surface area (Å²) in [6, 6.07) is 15.2. The van der Waals surface area contributed by atoms with Crippen LogP contribution in [-0.4, -0.2) is 82.7 Å². The molecule has 12 nitrogen and oxygen atoms in total. The summed E-state index contributed by atoms with van der Waals surface area (Å²) in [4.78, 5) is 65.0. The van der Waals surface area contributed by atoms with E-state index in [1.165, 1.54) is 12.1 Å². The Balaban J connectivity index is 0.820. The van der Waals surface area contributed by atoms with Crippen LogP contribution < -0.4 is 20.3 Å². The first-order chi connectivity index (χ1) is 25.2. The monoisotopic (exact) mass is 703 g/mol. The third kappa shape index (κ3) is 6.63. The number of ether oxygens (including phenoxy) is 1. The van der Waals surface area contributed by atoms with Crippen LogP contribution in [0.15, 0.2) is 54.7 Å². The maximum Gasteiger partial charge on any atom is 0.257 e. The van der Waals surface area contributed by atoms with Gasteiger partial charge in [-0.15, -0.1) is 0 Å². The molecular weight excluding hydrogens is 658 g/mol. The lowest BCUT2D eigenvalue weighted by Crippen LogP contribution is -2.52. The van der Waals surface area contributed by atoms with E-state index in [1.54, 1.807) is 4.90 Å². The number of benzene rings is 2. The SMILES string of the molecule is Cc1cc(OCCC2CCN(c3cccc4c3CN(C3CCC(=O)NC3=O)C4=O)CC2)ccc1C(=O)Nc1cc2[nH]c([C@H]3CCCN3C)cc2cn1. The smallest absolute Gasteiger partial charge is 0.257 e. The molecular formula is C40H45N7O5. The maximum atomic E-state index is 13.3. The van der Waals surface area contributed by atoms with E-state index >= 15 is 0 Å². The molecule has 2 aromatic heterocycles. The van der Waals surface area contributed by atoms with E-state index in [0.717, 1.165) is 78.8 Å². The molecule has 6 heterocycles. The van der Waals surface area contributed by atoms with E-state index in [0.29, 0.717) is 48.5 Å². The van der Waals surface area contributed by atoms with Crippen LogP contribution in [-0.2, 0) is 16.1 Å². The minimum atomic E-state index is -0.617. The summed E-state index contributed by atoms with van der Waals surface area (Å²) in [5, 5.41) is 6.38. The van der Waals surface area contributed by atoms with Gasteiger partial charge < -0.3 is 24.8 Å². The van der Waals surface area contributed by atoms with Crippen LogP contribution in [0.3, 0.4) is 0 Å². The molecule has 3 saturated heterocycles. The zero-order valence-electron chi connectivity index (χ0n) is 29.7. The van der Waals surface area contributed by atoms with Crippen molar-refractivity contribution in [2.75, 3.05) is 43.5 Å². The predicted octanol–water partition coefficient (Wildman–Crippen LogP) is 5.34. The number of fused-ring (bicyclic) bond motifs is 2. The highest BCUT2D eigenvalue weighted by molar-refractivity contribution is 6.06. The lowest BCUT2D eigenvalue weighted by molar-refractivity contribution is -0.136. The van der Waals surface area contributed by atoms with Crippen molar-refractivity contribution in [1.29, 1.82) is 0 Å². The third-order valence-corrected chi connectivity index (χ3v) is 11.4. The first-order valence-electron chi connectivity index (χ1n) is 18.5. The largest absolute Gasteiger partial charge is 0.494 e. The quantitative estimate of drug-likeness (QED) is 0.199. The molecule has 8 rings (SSSR count). The van der Waals surface area contributed by atoms with E-state index in [9.17, 15) is 19.2 Å². The van der Waals surface area contributed by atoms with Crippen molar-refractivity contribution in [1.82, 2.24) is 25.1 Å². The molecule has 3 fully saturated rings. The van der Waals surface area contributed by atoms with Gasteiger partial charge in [-0.3, -0.25) is 29.4 Å². The first-order valence-corrected chi connectivity index (χ1v) is 18.5. The highest BCUT2D eigenvalue weighted by atomic mass is 16.5. The Hall–Kier alpha value is -5.23. The second-order valence-corrected chi connectivity index (χ2v) is 14.7. The highest BCUT2D eigenvalue weighted by Gasteiger charge is 2.40. The van der Waals surface area contributed by atoms with E-state index in [-0.39, 0.29) is 24.1 Å². The summed E-state index contributed by atoms with van der Waals surface area (Å²) in [6.07, 6.45) is 7.68. The molecule has 270 valence electrons. The van der Waals surface area contributed by atoms with Crippen LogP contribution >= 0.6 is 0 Å². The van der Waals surface area contributed by atoms with Crippen molar-refractivity contribution in [3.63, 3.8) is 0 Å². The van der Waals surface area contributed by atoms with Crippen molar-refractivity contribution in [2.24, 2.45) is 5.92 Å². The molecule has 4 aromatic rings. The van der Waals surface area contributed by atoms with Crippen LogP contribution in [0.4, 0.5) is 11.5 Å². The molecule has 52 heavy (non-hydrogen) atoms. The van der Waals surface area contributed by atoms with Gasteiger partial charge in [0, 0.05) is 77.8 Å². The number of rotatable bonds is 9. The van der Waals surface area contributed by atoms with Crippen molar-refractivity contribution in [2.45, 2.75) is 70.5 Å². The van der Waals surface area contributed by atoms with Crippen LogP contribution in [0.2, 0.25) is 0 Å². The van der Waals surface area contributed by atoms with Gasteiger partial charge in [0.1, 0.15) is 17.6 Å².